The average molecular weight is 250 g/mol. The molecule has 0 heterocycles. The second-order valence-corrected chi connectivity index (χ2v) is 5.24. The number of amides is 1. The molecule has 100 valence electrons. The molecule has 4 nitrogen and oxygen atoms in total. The van der Waals surface area contributed by atoms with Crippen molar-refractivity contribution in [3.63, 3.8) is 0 Å². The Kier molecular flexibility index (Phi) is 4.59. The second kappa shape index (κ2) is 5.76. The minimum atomic E-state index is -0.472. The van der Waals surface area contributed by atoms with Crippen molar-refractivity contribution >= 4 is 11.8 Å². The number of carbonyl (C=O) groups excluding carboxylic acids is 1. The molecule has 0 saturated carbocycles. The van der Waals surface area contributed by atoms with Crippen LogP contribution in [0.4, 0.5) is 10.5 Å². The van der Waals surface area contributed by atoms with E-state index >= 15 is 0 Å². The van der Waals surface area contributed by atoms with E-state index in [2.05, 4.69) is 10.6 Å². The predicted molar refractivity (Wildman–Crippen MR) is 73.8 cm³/mol. The molecule has 0 fully saturated rings. The van der Waals surface area contributed by atoms with E-state index in [0.717, 1.165) is 11.3 Å². The highest BCUT2D eigenvalue weighted by Crippen LogP contribution is 2.16. The summed E-state index contributed by atoms with van der Waals surface area (Å²) in [6.45, 7) is 7.47. The highest BCUT2D eigenvalue weighted by atomic mass is 16.6. The molecule has 0 bridgehead atoms. The highest BCUT2D eigenvalue weighted by molar-refractivity contribution is 5.68. The van der Waals surface area contributed by atoms with E-state index in [4.69, 9.17) is 4.74 Å². The van der Waals surface area contributed by atoms with Crippen molar-refractivity contribution < 1.29 is 9.53 Å². The standard InChI is InChI=1S/C14H22N2O2/c1-10(16-13(17)18-14(2,3)4)11-6-8-12(15-5)9-7-11/h6-10,15H,1-5H3,(H,16,17)/t10-/m1/s1. The van der Waals surface area contributed by atoms with Crippen LogP contribution in [0.3, 0.4) is 0 Å². The molecule has 0 aromatic heterocycles. The molecular formula is C14H22N2O2. The molecule has 4 heteroatoms. The molecule has 18 heavy (non-hydrogen) atoms. The van der Waals surface area contributed by atoms with Crippen molar-refractivity contribution in [2.75, 3.05) is 12.4 Å². The number of rotatable bonds is 3. The van der Waals surface area contributed by atoms with Crippen LogP contribution < -0.4 is 10.6 Å². The van der Waals surface area contributed by atoms with Gasteiger partial charge in [-0.2, -0.15) is 0 Å². The van der Waals surface area contributed by atoms with Gasteiger partial charge in [-0.1, -0.05) is 12.1 Å². The van der Waals surface area contributed by atoms with Crippen LogP contribution in [-0.4, -0.2) is 18.7 Å². The summed E-state index contributed by atoms with van der Waals surface area (Å²) in [6, 6.07) is 7.83. The Labute approximate surface area is 109 Å². The second-order valence-electron chi connectivity index (χ2n) is 5.24. The number of benzene rings is 1. The van der Waals surface area contributed by atoms with Crippen LogP contribution in [0, 0.1) is 0 Å². The molecule has 1 aromatic carbocycles. The molecule has 1 rings (SSSR count). The molecule has 0 aliphatic carbocycles. The van der Waals surface area contributed by atoms with E-state index in [1.165, 1.54) is 0 Å². The van der Waals surface area contributed by atoms with Gasteiger partial charge >= 0.3 is 6.09 Å². The smallest absolute Gasteiger partial charge is 0.408 e. The van der Waals surface area contributed by atoms with Crippen molar-refractivity contribution in [3.05, 3.63) is 29.8 Å². The van der Waals surface area contributed by atoms with Gasteiger partial charge in [0, 0.05) is 12.7 Å². The Morgan fingerprint density at radius 2 is 1.78 bits per heavy atom. The number of ether oxygens (including phenoxy) is 1. The number of anilines is 1. The third-order valence-electron chi connectivity index (χ3n) is 2.43. The van der Waals surface area contributed by atoms with Crippen LogP contribution in [-0.2, 0) is 4.74 Å². The van der Waals surface area contributed by atoms with Gasteiger partial charge in [0.15, 0.2) is 0 Å². The van der Waals surface area contributed by atoms with Crippen molar-refractivity contribution in [1.82, 2.24) is 5.32 Å². The molecule has 0 radical (unpaired) electrons. The fourth-order valence-corrected chi connectivity index (χ4v) is 1.51. The van der Waals surface area contributed by atoms with Gasteiger partial charge in [0.1, 0.15) is 5.60 Å². The van der Waals surface area contributed by atoms with E-state index in [0.29, 0.717) is 0 Å². The summed E-state index contributed by atoms with van der Waals surface area (Å²) in [5, 5.41) is 5.86. The van der Waals surface area contributed by atoms with Gasteiger partial charge < -0.3 is 15.4 Å². The maximum absolute atomic E-state index is 11.6. The first-order chi connectivity index (χ1) is 8.31. The summed E-state index contributed by atoms with van der Waals surface area (Å²) in [5.41, 5.74) is 1.61. The zero-order valence-electron chi connectivity index (χ0n) is 11.7. The van der Waals surface area contributed by atoms with Crippen molar-refractivity contribution in [1.29, 1.82) is 0 Å². The number of carbonyl (C=O) groups is 1. The Hall–Kier alpha value is -1.71. The van der Waals surface area contributed by atoms with Crippen LogP contribution in [0.5, 0.6) is 0 Å². The van der Waals surface area contributed by atoms with Gasteiger partial charge in [0.2, 0.25) is 0 Å². The average Bonchev–Trinajstić information content (AvgIpc) is 2.26. The summed E-state index contributed by atoms with van der Waals surface area (Å²) in [6.07, 6.45) is -0.396. The van der Waals surface area contributed by atoms with Crippen LogP contribution in [0.1, 0.15) is 39.3 Å². The van der Waals surface area contributed by atoms with Crippen molar-refractivity contribution in [2.45, 2.75) is 39.3 Å². The van der Waals surface area contributed by atoms with E-state index < -0.39 is 11.7 Å². The van der Waals surface area contributed by atoms with Gasteiger partial charge in [-0.15, -0.1) is 0 Å². The van der Waals surface area contributed by atoms with Gasteiger partial charge in [0.25, 0.3) is 0 Å². The van der Waals surface area contributed by atoms with Gasteiger partial charge in [0.05, 0.1) is 6.04 Å². The predicted octanol–water partition coefficient (Wildman–Crippen LogP) is 3.31. The normalized spacial score (nSPS) is 12.7. The van der Waals surface area contributed by atoms with Crippen molar-refractivity contribution in [3.8, 4) is 0 Å². The topological polar surface area (TPSA) is 50.4 Å². The zero-order chi connectivity index (χ0) is 13.8. The minimum absolute atomic E-state index is 0.0780. The highest BCUT2D eigenvalue weighted by Gasteiger charge is 2.18. The first-order valence-corrected chi connectivity index (χ1v) is 6.09. The van der Waals surface area contributed by atoms with Crippen LogP contribution in [0.2, 0.25) is 0 Å². The monoisotopic (exact) mass is 250 g/mol. The largest absolute Gasteiger partial charge is 0.444 e. The number of hydrogen-bond donors (Lipinski definition) is 2. The lowest BCUT2D eigenvalue weighted by atomic mass is 10.1. The SMILES string of the molecule is CNc1ccc([C@@H](C)NC(=O)OC(C)(C)C)cc1. The lowest BCUT2D eigenvalue weighted by Gasteiger charge is -2.22. The van der Waals surface area contributed by atoms with Crippen molar-refractivity contribution in [2.24, 2.45) is 0 Å². The summed E-state index contributed by atoms with van der Waals surface area (Å²) in [5.74, 6) is 0. The molecule has 0 aliphatic rings. The third kappa shape index (κ3) is 4.65. The Balaban J connectivity index is 2.59. The molecule has 1 atom stereocenters. The molecule has 0 unspecified atom stereocenters. The van der Waals surface area contributed by atoms with E-state index in [1.807, 2.05) is 59.0 Å². The van der Waals surface area contributed by atoms with Gasteiger partial charge in [-0.05, 0) is 45.4 Å². The summed E-state index contributed by atoms with van der Waals surface area (Å²) in [4.78, 5) is 11.6. The summed E-state index contributed by atoms with van der Waals surface area (Å²) >= 11 is 0. The zero-order valence-corrected chi connectivity index (χ0v) is 11.7. The molecule has 1 amide bonds. The van der Waals surface area contributed by atoms with Crippen LogP contribution in [0.25, 0.3) is 0 Å². The third-order valence-corrected chi connectivity index (χ3v) is 2.43. The van der Waals surface area contributed by atoms with E-state index in [1.54, 1.807) is 0 Å². The molecule has 0 saturated heterocycles. The lowest BCUT2D eigenvalue weighted by Crippen LogP contribution is -2.34. The molecule has 2 N–H and O–H groups in total. The molecule has 1 aromatic rings. The first-order valence-electron chi connectivity index (χ1n) is 6.09. The first kappa shape index (κ1) is 14.4. The number of alkyl carbamates (subject to hydrolysis) is 1. The lowest BCUT2D eigenvalue weighted by molar-refractivity contribution is 0.0508. The fraction of sp³-hybridized carbons (Fsp3) is 0.500. The Morgan fingerprint density at radius 1 is 1.22 bits per heavy atom. The summed E-state index contributed by atoms with van der Waals surface area (Å²) < 4.78 is 5.21. The van der Waals surface area contributed by atoms with Crippen LogP contribution in [0.15, 0.2) is 24.3 Å². The molecule has 0 aliphatic heterocycles. The van der Waals surface area contributed by atoms with Crippen LogP contribution >= 0.6 is 0 Å². The molecular weight excluding hydrogens is 228 g/mol. The van der Waals surface area contributed by atoms with Gasteiger partial charge in [-0.3, -0.25) is 0 Å². The Bertz CT molecular complexity index is 393. The summed E-state index contributed by atoms with van der Waals surface area (Å²) in [7, 11) is 1.87. The fourth-order valence-electron chi connectivity index (χ4n) is 1.51. The maximum atomic E-state index is 11.6. The molecule has 0 spiro atoms. The quantitative estimate of drug-likeness (QED) is 0.865. The van der Waals surface area contributed by atoms with E-state index in [-0.39, 0.29) is 6.04 Å². The maximum Gasteiger partial charge on any atom is 0.408 e. The number of nitrogens with one attached hydrogen (secondary N) is 2. The Morgan fingerprint density at radius 3 is 2.22 bits per heavy atom. The van der Waals surface area contributed by atoms with Gasteiger partial charge in [-0.25, -0.2) is 4.79 Å². The minimum Gasteiger partial charge on any atom is -0.444 e. The van der Waals surface area contributed by atoms with E-state index in [9.17, 15) is 4.79 Å². The number of hydrogen-bond acceptors (Lipinski definition) is 3.